The van der Waals surface area contributed by atoms with Crippen molar-refractivity contribution in [3.63, 3.8) is 0 Å². The van der Waals surface area contributed by atoms with E-state index < -0.39 is 29.8 Å². The second kappa shape index (κ2) is 18.5. The summed E-state index contributed by atoms with van der Waals surface area (Å²) in [6.45, 7) is 23.4. The van der Waals surface area contributed by atoms with Crippen LogP contribution in [0.1, 0.15) is 5.56 Å². The summed E-state index contributed by atoms with van der Waals surface area (Å²) >= 11 is 0. The first-order valence-electron chi connectivity index (χ1n) is 16.9. The van der Waals surface area contributed by atoms with Gasteiger partial charge in [-0.25, -0.2) is 4.79 Å². The first-order valence-corrected chi connectivity index (χ1v) is 28.0. The minimum atomic E-state index is -1.26. The average Bonchev–Trinajstić information content (AvgIpc) is 2.97. The Morgan fingerprint density at radius 1 is 0.625 bits per heavy atom. The first kappa shape index (κ1) is 40.0. The van der Waals surface area contributed by atoms with Crippen LogP contribution in [-0.4, -0.2) is 78.1 Å². The minimum Gasteiger partial charge on any atom is -0.467 e. The number of methoxy groups -OCH3 is 1. The van der Waals surface area contributed by atoms with Crippen LogP contribution in [-0.2, 0) is 25.4 Å². The molecule has 0 atom stereocenters. The van der Waals surface area contributed by atoms with Gasteiger partial charge in [0.05, 0.1) is 12.2 Å². The predicted molar refractivity (Wildman–Crippen MR) is 202 cm³/mol. The normalized spacial score (nSPS) is 12.5. The Kier molecular flexibility index (Phi) is 15.4. The van der Waals surface area contributed by atoms with E-state index in [0.29, 0.717) is 66.8 Å². The zero-order chi connectivity index (χ0) is 35.4. The predicted octanol–water partition coefficient (Wildman–Crippen LogP) is 8.72. The van der Waals surface area contributed by atoms with Crippen molar-refractivity contribution in [1.82, 2.24) is 0 Å². The van der Waals surface area contributed by atoms with Crippen molar-refractivity contribution in [3.05, 3.63) is 52.4 Å². The van der Waals surface area contributed by atoms with Gasteiger partial charge in [-0.1, -0.05) is 58.9 Å². The molecular weight excluding hydrogens is 661 g/mol. The number of ether oxygens (including phenoxy) is 7. The maximum atomic E-state index is 13.8. The van der Waals surface area contributed by atoms with Gasteiger partial charge in [0, 0.05) is 74.2 Å². The highest BCUT2D eigenvalue weighted by atomic mass is 28.3. The summed E-state index contributed by atoms with van der Waals surface area (Å²) in [5, 5.41) is 0.794. The lowest BCUT2D eigenvalue weighted by Gasteiger charge is -2.19. The summed E-state index contributed by atoms with van der Waals surface area (Å²) in [4.78, 5) is 13.8. The van der Waals surface area contributed by atoms with Crippen LogP contribution in [0.25, 0.3) is 22.1 Å². The molecule has 0 amide bonds. The van der Waals surface area contributed by atoms with Crippen LogP contribution in [0.3, 0.4) is 0 Å². The third-order valence-corrected chi connectivity index (χ3v) is 12.8. The van der Waals surface area contributed by atoms with Crippen LogP contribution in [0.5, 0.6) is 17.2 Å². The van der Waals surface area contributed by atoms with Crippen LogP contribution in [0.15, 0.2) is 45.6 Å². The fourth-order valence-electron chi connectivity index (χ4n) is 4.63. The summed E-state index contributed by atoms with van der Waals surface area (Å²) < 4.78 is 46.7. The molecule has 3 rings (SSSR count). The molecule has 0 spiro atoms. The standard InChI is InChI=1S/C36H58O9Si3/c1-38-16-15-31-30-13-11-29(43-26-40-18-21-47(5,6)7)24-34(30)45-36(37)35(31)32-14-12-28(42-25-39-17-20-46(2,3)4)23-33(32)44-27-41-19-22-48(8,9)10/h11-14,23-24H,15-22,25-27H2,1-10H3. The van der Waals surface area contributed by atoms with Crippen LogP contribution in [0.2, 0.25) is 77.1 Å². The van der Waals surface area contributed by atoms with Gasteiger partial charge in [-0.3, -0.25) is 0 Å². The highest BCUT2D eigenvalue weighted by Crippen LogP contribution is 2.37. The Bertz CT molecular complexity index is 1490. The monoisotopic (exact) mass is 718 g/mol. The molecule has 12 heteroatoms. The topological polar surface area (TPSA) is 94.8 Å². The van der Waals surface area contributed by atoms with E-state index in [1.54, 1.807) is 19.2 Å². The van der Waals surface area contributed by atoms with Crippen LogP contribution in [0.4, 0.5) is 0 Å². The van der Waals surface area contributed by atoms with E-state index >= 15 is 0 Å². The van der Waals surface area contributed by atoms with Gasteiger partial charge in [0.2, 0.25) is 0 Å². The lowest BCUT2D eigenvalue weighted by molar-refractivity contribution is 0.0180. The summed E-state index contributed by atoms with van der Waals surface area (Å²) in [5.41, 5.74) is 1.76. The molecule has 0 aliphatic carbocycles. The van der Waals surface area contributed by atoms with E-state index in [2.05, 4.69) is 58.9 Å². The third-order valence-electron chi connectivity index (χ3n) is 7.67. The average molecular weight is 719 g/mol. The number of hydrogen-bond acceptors (Lipinski definition) is 9. The molecule has 9 nitrogen and oxygen atoms in total. The van der Waals surface area contributed by atoms with Gasteiger partial charge >= 0.3 is 5.63 Å². The van der Waals surface area contributed by atoms with Crippen LogP contribution < -0.4 is 19.8 Å². The van der Waals surface area contributed by atoms with Crippen molar-refractivity contribution < 1.29 is 37.6 Å². The van der Waals surface area contributed by atoms with E-state index in [-0.39, 0.29) is 20.4 Å². The maximum Gasteiger partial charge on any atom is 0.344 e. The summed E-state index contributed by atoms with van der Waals surface area (Å²) in [7, 11) is -2.01. The van der Waals surface area contributed by atoms with Crippen molar-refractivity contribution in [2.45, 2.75) is 83.5 Å². The lowest BCUT2D eigenvalue weighted by atomic mass is 9.95. The molecule has 0 fully saturated rings. The molecule has 1 aromatic heterocycles. The third kappa shape index (κ3) is 14.2. The van der Waals surface area contributed by atoms with Gasteiger partial charge in [-0.2, -0.15) is 0 Å². The second-order valence-corrected chi connectivity index (χ2v) is 32.6. The number of hydrogen-bond donors (Lipinski definition) is 0. The Morgan fingerprint density at radius 3 is 1.65 bits per heavy atom. The van der Waals surface area contributed by atoms with Crippen molar-refractivity contribution in [1.29, 1.82) is 0 Å². The Labute approximate surface area is 290 Å². The highest BCUT2D eigenvalue weighted by Gasteiger charge is 2.22. The highest BCUT2D eigenvalue weighted by molar-refractivity contribution is 6.76. The molecule has 48 heavy (non-hydrogen) atoms. The van der Waals surface area contributed by atoms with Gasteiger partial charge in [-0.15, -0.1) is 0 Å². The van der Waals surface area contributed by atoms with E-state index in [4.69, 9.17) is 37.6 Å². The fourth-order valence-corrected chi connectivity index (χ4v) is 6.90. The Morgan fingerprint density at radius 2 is 1.12 bits per heavy atom. The molecule has 1 heterocycles. The largest absolute Gasteiger partial charge is 0.467 e. The van der Waals surface area contributed by atoms with E-state index in [1.165, 1.54) is 0 Å². The van der Waals surface area contributed by atoms with Crippen molar-refractivity contribution in [3.8, 4) is 28.4 Å². The van der Waals surface area contributed by atoms with E-state index in [1.807, 2.05) is 24.3 Å². The second-order valence-electron chi connectivity index (χ2n) is 15.7. The SMILES string of the molecule is COCCc1c(-c2ccc(OCOCC[Si](C)(C)C)cc2OCOCC[Si](C)(C)C)c(=O)oc2cc(OCOCC[Si](C)(C)C)ccc12. The van der Waals surface area contributed by atoms with Gasteiger partial charge in [-0.05, 0) is 54.4 Å². The zero-order valence-corrected chi connectivity index (χ0v) is 33.9. The molecule has 0 bridgehead atoms. The van der Waals surface area contributed by atoms with Crippen LogP contribution >= 0.6 is 0 Å². The molecule has 0 aliphatic heterocycles. The number of fused-ring (bicyclic) bond motifs is 1. The van der Waals surface area contributed by atoms with Crippen molar-refractivity contribution in [2.24, 2.45) is 0 Å². The molecule has 0 N–H and O–H groups in total. The summed E-state index contributed by atoms with van der Waals surface area (Å²) in [5.74, 6) is 1.60. The molecule has 268 valence electrons. The minimum absolute atomic E-state index is 0.0423. The molecule has 0 aliphatic rings. The lowest BCUT2D eigenvalue weighted by Crippen LogP contribution is -2.22. The van der Waals surface area contributed by atoms with Crippen molar-refractivity contribution in [2.75, 3.05) is 53.9 Å². The fraction of sp³-hybridized carbons (Fsp3) is 0.583. The molecule has 3 aromatic rings. The molecule has 0 saturated carbocycles. The van der Waals surface area contributed by atoms with Gasteiger partial charge in [0.15, 0.2) is 20.4 Å². The quantitative estimate of drug-likeness (QED) is 0.0438. The van der Waals surface area contributed by atoms with Gasteiger partial charge < -0.3 is 37.6 Å². The molecular formula is C36H58O9Si3. The Balaban J connectivity index is 1.91. The van der Waals surface area contributed by atoms with Crippen molar-refractivity contribution >= 4 is 35.2 Å². The Hall–Kier alpha value is -2.46. The summed E-state index contributed by atoms with van der Waals surface area (Å²) in [6.07, 6.45) is 0.489. The maximum absolute atomic E-state index is 13.8. The van der Waals surface area contributed by atoms with E-state index in [9.17, 15) is 4.79 Å². The van der Waals surface area contributed by atoms with Crippen LogP contribution in [0, 0.1) is 0 Å². The van der Waals surface area contributed by atoms with Gasteiger partial charge in [0.1, 0.15) is 22.8 Å². The van der Waals surface area contributed by atoms with Gasteiger partial charge in [0.25, 0.3) is 0 Å². The molecule has 2 aromatic carbocycles. The molecule has 0 saturated heterocycles. The number of rotatable bonds is 22. The molecule has 0 radical (unpaired) electrons. The first-order chi connectivity index (χ1) is 22.6. The number of benzene rings is 2. The zero-order valence-electron chi connectivity index (χ0n) is 30.9. The smallest absolute Gasteiger partial charge is 0.344 e. The molecule has 0 unspecified atom stereocenters. The van der Waals surface area contributed by atoms with E-state index in [0.717, 1.165) is 29.1 Å². The summed E-state index contributed by atoms with van der Waals surface area (Å²) in [6, 6.07) is 14.1.